The first-order valence-electron chi connectivity index (χ1n) is 11.6. The highest BCUT2D eigenvalue weighted by Gasteiger charge is 2.51. The molecule has 4 rings (SSSR count). The van der Waals surface area contributed by atoms with Gasteiger partial charge in [0, 0.05) is 49.9 Å². The first-order chi connectivity index (χ1) is 16.0. The van der Waals surface area contributed by atoms with Crippen LogP contribution in [-0.2, 0) is 11.3 Å². The third kappa shape index (κ3) is 6.32. The molecular weight excluding hydrogens is 434 g/mol. The number of hydrogen-bond acceptors (Lipinski definition) is 8. The highest BCUT2D eigenvalue weighted by molar-refractivity contribution is 7.98. The van der Waals surface area contributed by atoms with E-state index in [0.29, 0.717) is 17.4 Å². The Balaban J connectivity index is 0.00000149. The number of aryl methyl sites for hydroxylation is 1. The fraction of sp³-hybridized carbons (Fsp3) is 0.560. The van der Waals surface area contributed by atoms with Gasteiger partial charge in [-0.3, -0.25) is 4.90 Å². The van der Waals surface area contributed by atoms with E-state index in [-0.39, 0.29) is 12.6 Å². The Morgan fingerprint density at radius 3 is 2.61 bits per heavy atom. The number of thioether (sulfide) groups is 1. The predicted octanol–water partition coefficient (Wildman–Crippen LogP) is 2.76. The molecule has 1 aliphatic heterocycles. The second-order valence-corrected chi connectivity index (χ2v) is 10.1. The summed E-state index contributed by atoms with van der Waals surface area (Å²) in [4.78, 5) is 23.0. The predicted molar refractivity (Wildman–Crippen MR) is 135 cm³/mol. The molecule has 0 radical (unpaired) electrons. The summed E-state index contributed by atoms with van der Waals surface area (Å²) in [6.07, 6.45) is 6.47. The van der Waals surface area contributed by atoms with Gasteiger partial charge >= 0.3 is 0 Å². The van der Waals surface area contributed by atoms with E-state index in [2.05, 4.69) is 55.4 Å². The molecule has 0 bridgehead atoms. The third-order valence-corrected chi connectivity index (χ3v) is 7.55. The Bertz CT molecular complexity index is 870. The van der Waals surface area contributed by atoms with Gasteiger partial charge < -0.3 is 20.1 Å². The van der Waals surface area contributed by atoms with Crippen molar-refractivity contribution >= 4 is 24.5 Å². The lowest BCUT2D eigenvalue weighted by Crippen LogP contribution is -2.65. The Morgan fingerprint density at radius 1 is 1.30 bits per heavy atom. The normalized spacial score (nSPS) is 18.1. The second-order valence-electron chi connectivity index (χ2n) is 9.24. The van der Waals surface area contributed by atoms with Crippen molar-refractivity contribution in [2.75, 3.05) is 43.9 Å². The number of aliphatic hydroxyl groups is 1. The molecule has 1 aromatic heterocycles. The molecule has 1 atom stereocenters. The number of rotatable bonds is 10. The van der Waals surface area contributed by atoms with Crippen molar-refractivity contribution in [3.05, 3.63) is 47.8 Å². The van der Waals surface area contributed by atoms with Gasteiger partial charge in [0.25, 0.3) is 0 Å². The lowest BCUT2D eigenvalue weighted by molar-refractivity contribution is -0.0980. The lowest BCUT2D eigenvalue weighted by atomic mass is 9.60. The number of aliphatic hydroxyl groups excluding tert-OH is 1. The summed E-state index contributed by atoms with van der Waals surface area (Å²) in [6, 6.07) is 11.4. The zero-order valence-corrected chi connectivity index (χ0v) is 20.9. The van der Waals surface area contributed by atoms with Gasteiger partial charge in [0.05, 0.1) is 18.3 Å². The van der Waals surface area contributed by atoms with Crippen LogP contribution in [-0.4, -0.2) is 77.9 Å². The van der Waals surface area contributed by atoms with E-state index in [9.17, 15) is 5.11 Å². The SMILES string of the molecule is C=O.CSc1cnc(N(CCNC2CC3(C2)CN(Cc2ccccc2)C3)C(C)CO)nc1C. The third-order valence-electron chi connectivity index (χ3n) is 6.71. The molecule has 2 aliphatic rings. The van der Waals surface area contributed by atoms with Gasteiger partial charge in [0.1, 0.15) is 6.79 Å². The largest absolute Gasteiger partial charge is 0.394 e. The monoisotopic (exact) mass is 471 g/mol. The van der Waals surface area contributed by atoms with E-state index in [1.54, 1.807) is 11.8 Å². The maximum atomic E-state index is 9.71. The van der Waals surface area contributed by atoms with E-state index in [1.807, 2.05) is 33.1 Å². The molecule has 180 valence electrons. The van der Waals surface area contributed by atoms with Crippen LogP contribution in [0.15, 0.2) is 41.4 Å². The molecule has 1 saturated carbocycles. The molecular formula is C25H37N5O2S. The molecule has 2 N–H and O–H groups in total. The van der Waals surface area contributed by atoms with Crippen LogP contribution in [0.3, 0.4) is 0 Å². The van der Waals surface area contributed by atoms with Gasteiger partial charge in [-0.1, -0.05) is 30.3 Å². The topological polar surface area (TPSA) is 81.6 Å². The van der Waals surface area contributed by atoms with Gasteiger partial charge in [-0.2, -0.15) is 0 Å². The molecule has 1 aromatic carbocycles. The number of benzene rings is 1. The summed E-state index contributed by atoms with van der Waals surface area (Å²) in [6.45, 7) is 11.3. The maximum absolute atomic E-state index is 9.71. The minimum atomic E-state index is -0.00719. The molecule has 0 amide bonds. The van der Waals surface area contributed by atoms with Crippen LogP contribution in [0, 0.1) is 12.3 Å². The molecule has 7 nitrogen and oxygen atoms in total. The van der Waals surface area contributed by atoms with Crippen molar-refractivity contribution in [1.29, 1.82) is 0 Å². The average Bonchev–Trinajstić information content (AvgIpc) is 2.80. The number of nitrogens with one attached hydrogen (secondary N) is 1. The van der Waals surface area contributed by atoms with Crippen LogP contribution >= 0.6 is 11.8 Å². The van der Waals surface area contributed by atoms with Gasteiger partial charge in [-0.05, 0) is 43.9 Å². The summed E-state index contributed by atoms with van der Waals surface area (Å²) in [5.74, 6) is 0.708. The van der Waals surface area contributed by atoms with Crippen molar-refractivity contribution in [3.8, 4) is 0 Å². The van der Waals surface area contributed by atoms with Crippen molar-refractivity contribution in [1.82, 2.24) is 20.2 Å². The number of aromatic nitrogens is 2. The zero-order chi connectivity index (χ0) is 23.8. The first-order valence-corrected chi connectivity index (χ1v) is 12.8. The number of likely N-dealkylation sites (tertiary alicyclic amines) is 1. The van der Waals surface area contributed by atoms with Crippen LogP contribution in [0.25, 0.3) is 0 Å². The van der Waals surface area contributed by atoms with Crippen LogP contribution < -0.4 is 10.2 Å². The van der Waals surface area contributed by atoms with E-state index >= 15 is 0 Å². The highest BCUT2D eigenvalue weighted by Crippen LogP contribution is 2.48. The minimum absolute atomic E-state index is 0.00719. The Hall–Kier alpha value is -2.00. The molecule has 8 heteroatoms. The van der Waals surface area contributed by atoms with Crippen LogP contribution in [0.2, 0.25) is 0 Å². The standard InChI is InChI=1S/C24H35N5OS.CH2O/c1-18(15-30)29(23-26-13-22(31-3)19(2)27-23)10-9-25-21-11-24(12-21)16-28(17-24)14-20-7-5-4-6-8-20;1-2/h4-8,13,18,21,25,30H,9-12,14-17H2,1-3H3;1H2. The van der Waals surface area contributed by atoms with Crippen LogP contribution in [0.5, 0.6) is 0 Å². The molecule has 1 spiro atoms. The molecule has 2 heterocycles. The summed E-state index contributed by atoms with van der Waals surface area (Å²) in [7, 11) is 0. The van der Waals surface area contributed by atoms with E-state index < -0.39 is 0 Å². The number of anilines is 1. The number of carbonyl (C=O) groups excluding carboxylic acids is 1. The summed E-state index contributed by atoms with van der Waals surface area (Å²) in [5.41, 5.74) is 2.94. The van der Waals surface area contributed by atoms with Gasteiger partial charge in [-0.25, -0.2) is 9.97 Å². The Labute approximate surface area is 202 Å². The maximum Gasteiger partial charge on any atom is 0.225 e. The van der Waals surface area contributed by atoms with Crippen molar-refractivity contribution in [3.63, 3.8) is 0 Å². The van der Waals surface area contributed by atoms with Gasteiger partial charge in [0.15, 0.2) is 0 Å². The highest BCUT2D eigenvalue weighted by atomic mass is 32.2. The van der Waals surface area contributed by atoms with Gasteiger partial charge in [0.2, 0.25) is 5.95 Å². The number of carbonyl (C=O) groups is 1. The lowest BCUT2D eigenvalue weighted by Gasteiger charge is -2.59. The van der Waals surface area contributed by atoms with Gasteiger partial charge in [-0.15, -0.1) is 11.8 Å². The quantitative estimate of drug-likeness (QED) is 0.512. The zero-order valence-electron chi connectivity index (χ0n) is 20.0. The van der Waals surface area contributed by atoms with E-state index in [1.165, 1.54) is 31.5 Å². The molecule has 2 fully saturated rings. The smallest absolute Gasteiger partial charge is 0.225 e. The summed E-state index contributed by atoms with van der Waals surface area (Å²) < 4.78 is 0. The average molecular weight is 472 g/mol. The van der Waals surface area contributed by atoms with Crippen molar-refractivity contribution < 1.29 is 9.90 Å². The fourth-order valence-electron chi connectivity index (χ4n) is 5.03. The molecule has 1 unspecified atom stereocenters. The Kier molecular flexibility index (Phi) is 9.26. The summed E-state index contributed by atoms with van der Waals surface area (Å²) in [5, 5.41) is 13.4. The number of hydrogen-bond donors (Lipinski definition) is 2. The van der Waals surface area contributed by atoms with Crippen molar-refractivity contribution in [2.45, 2.75) is 50.2 Å². The van der Waals surface area contributed by atoms with Crippen molar-refractivity contribution in [2.24, 2.45) is 5.41 Å². The molecule has 33 heavy (non-hydrogen) atoms. The summed E-state index contributed by atoms with van der Waals surface area (Å²) >= 11 is 1.66. The molecule has 2 aromatic rings. The Morgan fingerprint density at radius 2 is 2.00 bits per heavy atom. The van der Waals surface area contributed by atoms with E-state index in [0.717, 1.165) is 30.2 Å². The molecule has 1 saturated heterocycles. The molecule has 1 aliphatic carbocycles. The number of nitrogens with zero attached hydrogens (tertiary/aromatic N) is 4. The minimum Gasteiger partial charge on any atom is -0.394 e. The van der Waals surface area contributed by atoms with Crippen LogP contribution in [0.1, 0.15) is 31.0 Å². The fourth-order valence-corrected chi connectivity index (χ4v) is 5.53. The second kappa shape index (κ2) is 11.9. The van der Waals surface area contributed by atoms with E-state index in [4.69, 9.17) is 4.79 Å². The first kappa shape index (κ1) is 25.6. The van der Waals surface area contributed by atoms with Crippen LogP contribution in [0.4, 0.5) is 5.95 Å².